The number of rotatable bonds is 4. The van der Waals surface area contributed by atoms with Crippen molar-refractivity contribution < 1.29 is 4.79 Å². The number of piperidine rings is 1. The van der Waals surface area contributed by atoms with E-state index in [1.807, 2.05) is 20.8 Å². The summed E-state index contributed by atoms with van der Waals surface area (Å²) in [5, 5.41) is 3.10. The Morgan fingerprint density at radius 1 is 1.39 bits per heavy atom. The van der Waals surface area contributed by atoms with E-state index >= 15 is 0 Å². The molecule has 0 aromatic heterocycles. The summed E-state index contributed by atoms with van der Waals surface area (Å²) in [6.07, 6.45) is 3.29. The maximum atomic E-state index is 12.0. The number of nitrogens with two attached hydrogens (primary N) is 1. The molecule has 0 aromatic carbocycles. The van der Waals surface area contributed by atoms with Crippen LogP contribution < -0.4 is 11.1 Å². The molecule has 0 bridgehead atoms. The first-order valence-electron chi connectivity index (χ1n) is 7.13. The molecule has 1 rings (SSSR count). The van der Waals surface area contributed by atoms with E-state index in [9.17, 15) is 4.79 Å². The fourth-order valence-electron chi connectivity index (χ4n) is 2.30. The Morgan fingerprint density at radius 3 is 2.39 bits per heavy atom. The molecule has 0 radical (unpaired) electrons. The van der Waals surface area contributed by atoms with E-state index in [2.05, 4.69) is 17.1 Å². The molecule has 0 aliphatic carbocycles. The second-order valence-electron chi connectivity index (χ2n) is 6.47. The molecule has 0 spiro atoms. The standard InChI is InChI=1S/C14H29N3O/c1-5-8-17-9-6-11(7-10-17)16-13(18)12(15)14(2,3)4/h11-12H,5-10,15H2,1-4H3,(H,16,18). The molecule has 1 aliphatic rings. The topological polar surface area (TPSA) is 58.4 Å². The van der Waals surface area contributed by atoms with Crippen molar-refractivity contribution in [2.24, 2.45) is 11.1 Å². The number of amides is 1. The van der Waals surface area contributed by atoms with Crippen LogP contribution in [0.4, 0.5) is 0 Å². The van der Waals surface area contributed by atoms with E-state index in [4.69, 9.17) is 5.73 Å². The zero-order valence-corrected chi connectivity index (χ0v) is 12.3. The highest BCUT2D eigenvalue weighted by atomic mass is 16.2. The number of hydrogen-bond acceptors (Lipinski definition) is 3. The van der Waals surface area contributed by atoms with Crippen LogP contribution in [0.5, 0.6) is 0 Å². The summed E-state index contributed by atoms with van der Waals surface area (Å²) < 4.78 is 0. The minimum Gasteiger partial charge on any atom is -0.352 e. The lowest BCUT2D eigenvalue weighted by Gasteiger charge is -2.34. The molecule has 4 heteroatoms. The van der Waals surface area contributed by atoms with E-state index in [-0.39, 0.29) is 11.3 Å². The van der Waals surface area contributed by atoms with Crippen molar-refractivity contribution in [2.75, 3.05) is 19.6 Å². The van der Waals surface area contributed by atoms with Crippen molar-refractivity contribution in [1.82, 2.24) is 10.2 Å². The molecule has 3 N–H and O–H groups in total. The largest absolute Gasteiger partial charge is 0.352 e. The first-order valence-corrected chi connectivity index (χ1v) is 7.13. The van der Waals surface area contributed by atoms with Gasteiger partial charge in [-0.15, -0.1) is 0 Å². The Balaban J connectivity index is 2.35. The van der Waals surface area contributed by atoms with Gasteiger partial charge in [-0.25, -0.2) is 0 Å². The molecule has 106 valence electrons. The monoisotopic (exact) mass is 255 g/mol. The van der Waals surface area contributed by atoms with E-state index in [0.717, 1.165) is 25.9 Å². The van der Waals surface area contributed by atoms with Crippen LogP contribution in [0.15, 0.2) is 0 Å². The summed E-state index contributed by atoms with van der Waals surface area (Å²) in [5.41, 5.74) is 5.79. The number of nitrogens with one attached hydrogen (secondary N) is 1. The number of carbonyl (C=O) groups excluding carboxylic acids is 1. The normalized spacial score (nSPS) is 20.7. The molecule has 1 heterocycles. The van der Waals surface area contributed by atoms with E-state index in [1.54, 1.807) is 0 Å². The molecule has 4 nitrogen and oxygen atoms in total. The quantitative estimate of drug-likeness (QED) is 0.797. The van der Waals surface area contributed by atoms with Gasteiger partial charge in [0.25, 0.3) is 0 Å². The third kappa shape index (κ3) is 4.58. The zero-order chi connectivity index (χ0) is 13.8. The number of nitrogens with zero attached hydrogens (tertiary/aromatic N) is 1. The Hall–Kier alpha value is -0.610. The number of likely N-dealkylation sites (tertiary alicyclic amines) is 1. The highest BCUT2D eigenvalue weighted by Crippen LogP contribution is 2.18. The lowest BCUT2D eigenvalue weighted by atomic mass is 9.86. The lowest BCUT2D eigenvalue weighted by molar-refractivity contribution is -0.125. The van der Waals surface area contributed by atoms with Crippen molar-refractivity contribution in [2.45, 2.75) is 59.0 Å². The average molecular weight is 255 g/mol. The molecule has 1 fully saturated rings. The molecule has 1 aliphatic heterocycles. The summed E-state index contributed by atoms with van der Waals surface area (Å²) in [6, 6.07) is -0.120. The first-order chi connectivity index (χ1) is 8.34. The van der Waals surface area contributed by atoms with Crippen LogP contribution in [0.1, 0.15) is 47.0 Å². The molecule has 1 unspecified atom stereocenters. The fourth-order valence-corrected chi connectivity index (χ4v) is 2.30. The molecular weight excluding hydrogens is 226 g/mol. The van der Waals surface area contributed by atoms with Crippen LogP contribution >= 0.6 is 0 Å². The minimum absolute atomic E-state index is 0.00329. The Kier molecular flexibility index (Phi) is 5.60. The average Bonchev–Trinajstić information content (AvgIpc) is 2.30. The molecule has 18 heavy (non-hydrogen) atoms. The number of hydrogen-bond donors (Lipinski definition) is 2. The summed E-state index contributed by atoms with van der Waals surface area (Å²) in [7, 11) is 0. The molecule has 1 atom stereocenters. The van der Waals surface area contributed by atoms with Gasteiger partial charge in [0.1, 0.15) is 0 Å². The Labute approximate surface area is 111 Å². The molecule has 1 amide bonds. The highest BCUT2D eigenvalue weighted by Gasteiger charge is 2.29. The van der Waals surface area contributed by atoms with Gasteiger partial charge in [0, 0.05) is 19.1 Å². The van der Waals surface area contributed by atoms with Crippen LogP contribution in [0.25, 0.3) is 0 Å². The van der Waals surface area contributed by atoms with Gasteiger partial charge in [0.2, 0.25) is 5.91 Å². The third-order valence-electron chi connectivity index (χ3n) is 3.69. The van der Waals surface area contributed by atoms with Crippen molar-refractivity contribution in [1.29, 1.82) is 0 Å². The van der Waals surface area contributed by atoms with Gasteiger partial charge in [0.15, 0.2) is 0 Å². The maximum absolute atomic E-state index is 12.0. The van der Waals surface area contributed by atoms with Crippen molar-refractivity contribution in [3.63, 3.8) is 0 Å². The van der Waals surface area contributed by atoms with Gasteiger partial charge in [-0.05, 0) is 31.2 Å². The summed E-state index contributed by atoms with van der Waals surface area (Å²) in [4.78, 5) is 14.5. The van der Waals surface area contributed by atoms with Gasteiger partial charge in [0.05, 0.1) is 6.04 Å². The van der Waals surface area contributed by atoms with Crippen LogP contribution in [-0.2, 0) is 4.79 Å². The van der Waals surface area contributed by atoms with Gasteiger partial charge >= 0.3 is 0 Å². The smallest absolute Gasteiger partial charge is 0.237 e. The van der Waals surface area contributed by atoms with Gasteiger partial charge in [-0.2, -0.15) is 0 Å². The van der Waals surface area contributed by atoms with Crippen LogP contribution in [0.3, 0.4) is 0 Å². The predicted molar refractivity (Wildman–Crippen MR) is 75.3 cm³/mol. The summed E-state index contributed by atoms with van der Waals surface area (Å²) in [6.45, 7) is 11.6. The van der Waals surface area contributed by atoms with Crippen molar-refractivity contribution >= 4 is 5.91 Å². The second kappa shape index (κ2) is 6.53. The number of carbonyl (C=O) groups is 1. The minimum atomic E-state index is -0.425. The summed E-state index contributed by atoms with van der Waals surface area (Å²) >= 11 is 0. The fraction of sp³-hybridized carbons (Fsp3) is 0.929. The SMILES string of the molecule is CCCN1CCC(NC(=O)C(N)C(C)(C)C)CC1. The first kappa shape index (κ1) is 15.4. The van der Waals surface area contributed by atoms with Gasteiger partial charge in [-0.1, -0.05) is 27.7 Å². The third-order valence-corrected chi connectivity index (χ3v) is 3.69. The van der Waals surface area contributed by atoms with Crippen LogP contribution in [-0.4, -0.2) is 42.5 Å². The van der Waals surface area contributed by atoms with Crippen molar-refractivity contribution in [3.05, 3.63) is 0 Å². The predicted octanol–water partition coefficient (Wildman–Crippen LogP) is 1.35. The Morgan fingerprint density at radius 2 is 1.94 bits per heavy atom. The lowest BCUT2D eigenvalue weighted by Crippen LogP contribution is -2.53. The summed E-state index contributed by atoms with van der Waals surface area (Å²) in [5.74, 6) is -0.00329. The second-order valence-corrected chi connectivity index (χ2v) is 6.47. The highest BCUT2D eigenvalue weighted by molar-refractivity contribution is 5.82. The zero-order valence-electron chi connectivity index (χ0n) is 12.3. The van der Waals surface area contributed by atoms with E-state index in [0.29, 0.717) is 6.04 Å². The maximum Gasteiger partial charge on any atom is 0.237 e. The van der Waals surface area contributed by atoms with E-state index < -0.39 is 6.04 Å². The van der Waals surface area contributed by atoms with Crippen LogP contribution in [0.2, 0.25) is 0 Å². The molecule has 1 saturated heterocycles. The van der Waals surface area contributed by atoms with E-state index in [1.165, 1.54) is 13.0 Å². The molecule has 0 saturated carbocycles. The van der Waals surface area contributed by atoms with Gasteiger partial charge in [-0.3, -0.25) is 4.79 Å². The van der Waals surface area contributed by atoms with Crippen LogP contribution in [0, 0.1) is 5.41 Å². The van der Waals surface area contributed by atoms with Crippen molar-refractivity contribution in [3.8, 4) is 0 Å². The molecular formula is C14H29N3O. The van der Waals surface area contributed by atoms with Gasteiger partial charge < -0.3 is 16.0 Å². The molecule has 0 aromatic rings. The Bertz CT molecular complexity index is 265.